The van der Waals surface area contributed by atoms with Crippen LogP contribution in [0.3, 0.4) is 0 Å². The second-order valence-corrected chi connectivity index (χ2v) is 10.3. The van der Waals surface area contributed by atoms with Gasteiger partial charge >= 0.3 is 0 Å². The second kappa shape index (κ2) is 9.60. The molecule has 186 valence electrons. The average molecular weight is 528 g/mol. The van der Waals surface area contributed by atoms with Crippen molar-refractivity contribution in [1.82, 2.24) is 0 Å². The first kappa shape index (κ1) is 25.7. The van der Waals surface area contributed by atoms with Crippen LogP contribution in [0.1, 0.15) is 43.5 Å². The number of rotatable bonds is 4. The zero-order valence-corrected chi connectivity index (χ0v) is 21.6. The van der Waals surface area contributed by atoms with Gasteiger partial charge in [0.05, 0.1) is 29.3 Å². The van der Waals surface area contributed by atoms with E-state index in [4.69, 9.17) is 27.9 Å². The van der Waals surface area contributed by atoms with Crippen LogP contribution in [0.4, 0.5) is 10.1 Å². The number of carbonyl (C=O) groups is 2. The largest absolute Gasteiger partial charge is 0.507 e. The van der Waals surface area contributed by atoms with Crippen LogP contribution in [0.15, 0.2) is 66.2 Å². The quantitative estimate of drug-likeness (QED) is 0.224. The fourth-order valence-electron chi connectivity index (χ4n) is 4.22. The van der Waals surface area contributed by atoms with Gasteiger partial charge < -0.3 is 9.84 Å². The molecule has 1 N–H and O–H groups in total. The van der Waals surface area contributed by atoms with E-state index in [0.29, 0.717) is 10.6 Å². The number of benzene rings is 3. The van der Waals surface area contributed by atoms with Crippen LogP contribution < -0.4 is 9.64 Å². The van der Waals surface area contributed by atoms with E-state index >= 15 is 0 Å². The number of Topliss-reactive ketones (excluding diaryl/α,β-unsaturated/α-hetero) is 1. The van der Waals surface area contributed by atoms with Crippen LogP contribution in [-0.2, 0) is 15.0 Å². The van der Waals surface area contributed by atoms with Crippen LogP contribution in [0.25, 0.3) is 5.76 Å². The molecule has 3 aromatic carbocycles. The smallest absolute Gasteiger partial charge is 0.300 e. The summed E-state index contributed by atoms with van der Waals surface area (Å²) >= 11 is 12.2. The molecule has 0 radical (unpaired) electrons. The summed E-state index contributed by atoms with van der Waals surface area (Å²) in [6.07, 6.45) is 0. The topological polar surface area (TPSA) is 66.8 Å². The van der Waals surface area contributed by atoms with Gasteiger partial charge in [0.25, 0.3) is 11.7 Å². The molecule has 5 nitrogen and oxygen atoms in total. The summed E-state index contributed by atoms with van der Waals surface area (Å²) in [6, 6.07) is 14.8. The van der Waals surface area contributed by atoms with Crippen LogP contribution in [0.5, 0.6) is 5.75 Å². The first-order chi connectivity index (χ1) is 16.9. The average Bonchev–Trinajstić information content (AvgIpc) is 3.10. The third-order valence-corrected chi connectivity index (χ3v) is 6.66. The van der Waals surface area contributed by atoms with E-state index in [0.717, 1.165) is 11.6 Å². The van der Waals surface area contributed by atoms with Gasteiger partial charge in [-0.3, -0.25) is 14.5 Å². The first-order valence-electron chi connectivity index (χ1n) is 11.1. The standard InChI is InChI=1S/C28H24Cl2FNO4/c1-28(2,3)16-7-5-15(6-8-16)24-23(25(33)19-13-17(29)9-12-22(19)36-4)26(34)27(35)32(24)18-10-11-21(31)20(30)14-18/h5-14,24,33H,1-4H3/b25-23+. The summed E-state index contributed by atoms with van der Waals surface area (Å²) in [5, 5.41) is 11.5. The van der Waals surface area contributed by atoms with Crippen molar-refractivity contribution in [2.75, 3.05) is 12.0 Å². The molecule has 0 aliphatic carbocycles. The number of halogens is 3. The van der Waals surface area contributed by atoms with Gasteiger partial charge in [-0.05, 0) is 52.9 Å². The van der Waals surface area contributed by atoms with Gasteiger partial charge in [-0.15, -0.1) is 0 Å². The molecule has 1 fully saturated rings. The molecule has 0 spiro atoms. The van der Waals surface area contributed by atoms with E-state index in [2.05, 4.69) is 20.8 Å². The monoisotopic (exact) mass is 527 g/mol. The highest BCUT2D eigenvalue weighted by Gasteiger charge is 2.47. The fraction of sp³-hybridized carbons (Fsp3) is 0.214. The number of ketones is 1. The fourth-order valence-corrected chi connectivity index (χ4v) is 4.57. The Morgan fingerprint density at radius 1 is 1.00 bits per heavy atom. The summed E-state index contributed by atoms with van der Waals surface area (Å²) < 4.78 is 19.3. The molecule has 36 heavy (non-hydrogen) atoms. The predicted octanol–water partition coefficient (Wildman–Crippen LogP) is 7.06. The Balaban J connectivity index is 1.98. The molecular formula is C28H24Cl2FNO4. The Morgan fingerprint density at radius 3 is 2.25 bits per heavy atom. The number of carbonyl (C=O) groups excluding carboxylic acids is 2. The van der Waals surface area contributed by atoms with Crippen molar-refractivity contribution in [3.8, 4) is 5.75 Å². The van der Waals surface area contributed by atoms with Gasteiger partial charge in [0, 0.05) is 10.7 Å². The lowest BCUT2D eigenvalue weighted by molar-refractivity contribution is -0.132. The summed E-state index contributed by atoms with van der Waals surface area (Å²) in [5.41, 5.74) is 1.72. The normalized spacial score (nSPS) is 17.5. The van der Waals surface area contributed by atoms with Crippen LogP contribution in [-0.4, -0.2) is 23.9 Å². The molecule has 1 unspecified atom stereocenters. The van der Waals surface area contributed by atoms with E-state index in [9.17, 15) is 19.1 Å². The van der Waals surface area contributed by atoms with E-state index in [1.165, 1.54) is 30.2 Å². The van der Waals surface area contributed by atoms with Crippen molar-refractivity contribution in [2.45, 2.75) is 32.2 Å². The molecule has 4 rings (SSSR count). The highest BCUT2D eigenvalue weighted by atomic mass is 35.5. The second-order valence-electron chi connectivity index (χ2n) is 9.48. The van der Waals surface area contributed by atoms with Gasteiger partial charge in [-0.1, -0.05) is 68.2 Å². The van der Waals surface area contributed by atoms with Crippen molar-refractivity contribution >= 4 is 46.3 Å². The van der Waals surface area contributed by atoms with Crippen molar-refractivity contribution in [1.29, 1.82) is 0 Å². The number of aliphatic hydroxyl groups is 1. The van der Waals surface area contributed by atoms with Crippen LogP contribution in [0, 0.1) is 5.82 Å². The number of anilines is 1. The molecule has 0 saturated carbocycles. The lowest BCUT2D eigenvalue weighted by atomic mass is 9.85. The van der Waals surface area contributed by atoms with Gasteiger partial charge in [-0.2, -0.15) is 0 Å². The lowest BCUT2D eigenvalue weighted by Gasteiger charge is -2.27. The number of amides is 1. The maximum Gasteiger partial charge on any atom is 0.300 e. The van der Waals surface area contributed by atoms with Gasteiger partial charge in [0.1, 0.15) is 17.3 Å². The zero-order chi connectivity index (χ0) is 26.4. The summed E-state index contributed by atoms with van der Waals surface area (Å²) in [7, 11) is 1.42. The van der Waals surface area contributed by atoms with Crippen molar-refractivity contribution in [3.05, 3.63) is 98.8 Å². The number of nitrogens with zero attached hydrogens (tertiary/aromatic N) is 1. The summed E-state index contributed by atoms with van der Waals surface area (Å²) in [5.74, 6) is -2.61. The maximum atomic E-state index is 13.9. The molecule has 1 aliphatic heterocycles. The Hall–Kier alpha value is -3.35. The van der Waals surface area contributed by atoms with E-state index < -0.39 is 29.3 Å². The number of ether oxygens (including phenoxy) is 1. The number of aliphatic hydroxyl groups excluding tert-OH is 1. The Morgan fingerprint density at radius 2 is 1.67 bits per heavy atom. The lowest BCUT2D eigenvalue weighted by Crippen LogP contribution is -2.29. The predicted molar refractivity (Wildman–Crippen MR) is 139 cm³/mol. The Labute approximate surface area is 218 Å². The highest BCUT2D eigenvalue weighted by molar-refractivity contribution is 6.52. The van der Waals surface area contributed by atoms with Crippen molar-refractivity contribution in [3.63, 3.8) is 0 Å². The Bertz CT molecular complexity index is 1390. The van der Waals surface area contributed by atoms with E-state index in [-0.39, 0.29) is 33.0 Å². The third-order valence-electron chi connectivity index (χ3n) is 6.13. The number of hydrogen-bond acceptors (Lipinski definition) is 4. The van der Waals surface area contributed by atoms with Crippen molar-refractivity contribution in [2.24, 2.45) is 0 Å². The van der Waals surface area contributed by atoms with Crippen molar-refractivity contribution < 1.29 is 23.8 Å². The minimum absolute atomic E-state index is 0.126. The SMILES string of the molecule is COc1ccc(Cl)cc1/C(O)=C1\C(=O)C(=O)N(c2ccc(F)c(Cl)c2)C1c1ccc(C(C)(C)C)cc1. The molecular weight excluding hydrogens is 504 g/mol. The third kappa shape index (κ3) is 4.59. The first-order valence-corrected chi connectivity index (χ1v) is 11.9. The minimum atomic E-state index is -1.01. The number of hydrogen-bond donors (Lipinski definition) is 1. The zero-order valence-electron chi connectivity index (χ0n) is 20.1. The maximum absolute atomic E-state index is 13.9. The summed E-state index contributed by atoms with van der Waals surface area (Å²) in [6.45, 7) is 6.21. The molecule has 1 atom stereocenters. The van der Waals surface area contributed by atoms with Gasteiger partial charge in [0.2, 0.25) is 0 Å². The van der Waals surface area contributed by atoms with Gasteiger partial charge in [0.15, 0.2) is 0 Å². The summed E-state index contributed by atoms with van der Waals surface area (Å²) in [4.78, 5) is 27.9. The Kier molecular flexibility index (Phi) is 6.86. The van der Waals surface area contributed by atoms with Crippen LogP contribution in [0.2, 0.25) is 10.0 Å². The molecule has 8 heteroatoms. The molecule has 1 saturated heterocycles. The van der Waals surface area contributed by atoms with Crippen LogP contribution >= 0.6 is 23.2 Å². The molecule has 1 heterocycles. The van der Waals surface area contributed by atoms with Gasteiger partial charge in [-0.25, -0.2) is 4.39 Å². The molecule has 1 aliphatic rings. The number of methoxy groups -OCH3 is 1. The highest BCUT2D eigenvalue weighted by Crippen LogP contribution is 2.44. The molecule has 0 aromatic heterocycles. The van der Waals surface area contributed by atoms with E-state index in [1.54, 1.807) is 24.3 Å². The minimum Gasteiger partial charge on any atom is -0.507 e. The molecule has 0 bridgehead atoms. The van der Waals surface area contributed by atoms with E-state index in [1.807, 2.05) is 12.1 Å². The molecule has 3 aromatic rings. The molecule has 1 amide bonds.